The van der Waals surface area contributed by atoms with Gasteiger partial charge in [-0.2, -0.15) is 5.26 Å². The molecule has 2 rings (SSSR count). The van der Waals surface area contributed by atoms with E-state index >= 15 is 0 Å². The molecule has 0 radical (unpaired) electrons. The monoisotopic (exact) mass is 455 g/mol. The molecule has 100 valence electrons. The predicted molar refractivity (Wildman–Crippen MR) is 88.7 cm³/mol. The molecule has 5 heteroatoms. The SMILES string of the molecule is N#CC(C(=O)c1ccc(Br)cc1Br)c1ccc(Br)cc1. The van der Waals surface area contributed by atoms with Gasteiger partial charge in [0.05, 0.1) is 6.07 Å². The summed E-state index contributed by atoms with van der Waals surface area (Å²) in [5, 5.41) is 9.32. The molecular weight excluding hydrogens is 450 g/mol. The molecule has 2 aromatic carbocycles. The second-order valence-electron chi connectivity index (χ2n) is 4.10. The lowest BCUT2D eigenvalue weighted by Gasteiger charge is -2.10. The third kappa shape index (κ3) is 3.38. The topological polar surface area (TPSA) is 40.9 Å². The molecule has 0 heterocycles. The molecule has 20 heavy (non-hydrogen) atoms. The van der Waals surface area contributed by atoms with Gasteiger partial charge in [-0.05, 0) is 35.9 Å². The summed E-state index contributed by atoms with van der Waals surface area (Å²) >= 11 is 10.0. The van der Waals surface area contributed by atoms with Gasteiger partial charge in [0.15, 0.2) is 5.78 Å². The van der Waals surface area contributed by atoms with Crippen LogP contribution in [0.15, 0.2) is 55.9 Å². The molecule has 0 amide bonds. The van der Waals surface area contributed by atoms with Crippen molar-refractivity contribution in [3.8, 4) is 6.07 Å². The van der Waals surface area contributed by atoms with Crippen molar-refractivity contribution >= 4 is 53.6 Å². The zero-order valence-electron chi connectivity index (χ0n) is 10.1. The van der Waals surface area contributed by atoms with Crippen LogP contribution in [0, 0.1) is 11.3 Å². The molecule has 1 unspecified atom stereocenters. The van der Waals surface area contributed by atoms with E-state index in [1.165, 1.54) is 0 Å². The van der Waals surface area contributed by atoms with Crippen LogP contribution < -0.4 is 0 Å². The Morgan fingerprint density at radius 2 is 1.60 bits per heavy atom. The molecule has 0 bridgehead atoms. The zero-order chi connectivity index (χ0) is 14.7. The van der Waals surface area contributed by atoms with Gasteiger partial charge in [-0.3, -0.25) is 4.79 Å². The number of nitrogens with zero attached hydrogens (tertiary/aromatic N) is 1. The Bertz CT molecular complexity index is 689. The fourth-order valence-electron chi connectivity index (χ4n) is 1.78. The lowest BCUT2D eigenvalue weighted by molar-refractivity contribution is 0.0978. The van der Waals surface area contributed by atoms with Crippen LogP contribution in [0.1, 0.15) is 21.8 Å². The molecule has 0 N–H and O–H groups in total. The third-order valence-electron chi connectivity index (χ3n) is 2.79. The van der Waals surface area contributed by atoms with Gasteiger partial charge in [0.1, 0.15) is 5.92 Å². The molecular formula is C15H8Br3NO. The second kappa shape index (κ2) is 6.66. The van der Waals surface area contributed by atoms with Crippen LogP contribution in [0.2, 0.25) is 0 Å². The fraction of sp³-hybridized carbons (Fsp3) is 0.0667. The first-order valence-corrected chi connectivity index (χ1v) is 8.05. The van der Waals surface area contributed by atoms with E-state index in [1.54, 1.807) is 30.3 Å². The summed E-state index contributed by atoms with van der Waals surface area (Å²) in [7, 11) is 0. The normalized spacial score (nSPS) is 11.7. The van der Waals surface area contributed by atoms with Crippen LogP contribution in [0.5, 0.6) is 0 Å². The van der Waals surface area contributed by atoms with Gasteiger partial charge >= 0.3 is 0 Å². The summed E-state index contributed by atoms with van der Waals surface area (Å²) in [5.74, 6) is -1.02. The second-order valence-corrected chi connectivity index (χ2v) is 6.79. The lowest BCUT2D eigenvalue weighted by Crippen LogP contribution is -2.11. The lowest BCUT2D eigenvalue weighted by atomic mass is 9.92. The van der Waals surface area contributed by atoms with Crippen molar-refractivity contribution in [3.05, 3.63) is 67.0 Å². The van der Waals surface area contributed by atoms with Crippen molar-refractivity contribution in [2.24, 2.45) is 0 Å². The maximum atomic E-state index is 12.5. The minimum absolute atomic E-state index is 0.214. The quantitative estimate of drug-likeness (QED) is 0.574. The van der Waals surface area contributed by atoms with Crippen molar-refractivity contribution < 1.29 is 4.79 Å². The Morgan fingerprint density at radius 3 is 2.15 bits per heavy atom. The molecule has 0 fully saturated rings. The van der Waals surface area contributed by atoms with E-state index in [0.29, 0.717) is 15.6 Å². The fourth-order valence-corrected chi connectivity index (χ4v) is 3.29. The minimum Gasteiger partial charge on any atom is -0.292 e. The van der Waals surface area contributed by atoms with Crippen LogP contribution in [0.3, 0.4) is 0 Å². The van der Waals surface area contributed by atoms with Crippen molar-refractivity contribution in [1.29, 1.82) is 5.26 Å². The third-order valence-corrected chi connectivity index (χ3v) is 4.47. The number of hydrogen-bond acceptors (Lipinski definition) is 2. The van der Waals surface area contributed by atoms with Crippen LogP contribution in [0.25, 0.3) is 0 Å². The number of benzene rings is 2. The molecule has 0 saturated heterocycles. The van der Waals surface area contributed by atoms with Gasteiger partial charge in [0.2, 0.25) is 0 Å². The first-order valence-electron chi connectivity index (χ1n) is 5.67. The number of nitriles is 1. The first-order chi connectivity index (χ1) is 9.52. The zero-order valence-corrected chi connectivity index (χ0v) is 14.9. The summed E-state index contributed by atoms with van der Waals surface area (Å²) in [4.78, 5) is 12.5. The van der Waals surface area contributed by atoms with Gasteiger partial charge < -0.3 is 0 Å². The molecule has 0 aromatic heterocycles. The van der Waals surface area contributed by atoms with E-state index in [1.807, 2.05) is 12.1 Å². The van der Waals surface area contributed by atoms with Crippen LogP contribution in [-0.4, -0.2) is 5.78 Å². The van der Waals surface area contributed by atoms with Crippen molar-refractivity contribution in [3.63, 3.8) is 0 Å². The number of hydrogen-bond donors (Lipinski definition) is 0. The maximum Gasteiger partial charge on any atom is 0.185 e. The Morgan fingerprint density at radius 1 is 1.00 bits per heavy atom. The summed E-state index contributed by atoms with van der Waals surface area (Å²) in [6.07, 6.45) is 0. The van der Waals surface area contributed by atoms with E-state index in [-0.39, 0.29) is 5.78 Å². The first kappa shape index (κ1) is 15.4. The number of ketones is 1. The minimum atomic E-state index is -0.805. The molecule has 0 aliphatic heterocycles. The van der Waals surface area contributed by atoms with Gasteiger partial charge in [-0.1, -0.05) is 59.9 Å². The van der Waals surface area contributed by atoms with Crippen LogP contribution >= 0.6 is 47.8 Å². The highest BCUT2D eigenvalue weighted by Gasteiger charge is 2.23. The number of Topliss-reactive ketones (excluding diaryl/α,β-unsaturated/α-hetero) is 1. The summed E-state index contributed by atoms with van der Waals surface area (Å²) in [6, 6.07) is 14.6. The summed E-state index contributed by atoms with van der Waals surface area (Å²) in [5.41, 5.74) is 1.19. The highest BCUT2D eigenvalue weighted by Crippen LogP contribution is 2.28. The van der Waals surface area contributed by atoms with Crippen LogP contribution in [0.4, 0.5) is 0 Å². The molecule has 2 nitrogen and oxygen atoms in total. The Balaban J connectivity index is 2.39. The number of carbonyl (C=O) groups excluding carboxylic acids is 1. The summed E-state index contributed by atoms with van der Waals surface area (Å²) < 4.78 is 2.46. The average Bonchev–Trinajstić information content (AvgIpc) is 2.41. The van der Waals surface area contributed by atoms with Gasteiger partial charge in [0, 0.05) is 19.0 Å². The van der Waals surface area contributed by atoms with Gasteiger partial charge in [-0.25, -0.2) is 0 Å². The van der Waals surface area contributed by atoms with Gasteiger partial charge in [0.25, 0.3) is 0 Å². The summed E-state index contributed by atoms with van der Waals surface area (Å²) in [6.45, 7) is 0. The highest BCUT2D eigenvalue weighted by molar-refractivity contribution is 9.11. The van der Waals surface area contributed by atoms with E-state index in [4.69, 9.17) is 0 Å². The van der Waals surface area contributed by atoms with Gasteiger partial charge in [-0.15, -0.1) is 0 Å². The molecule has 0 aliphatic rings. The Kier molecular flexibility index (Phi) is 5.14. The average molecular weight is 458 g/mol. The van der Waals surface area contributed by atoms with Crippen LogP contribution in [-0.2, 0) is 0 Å². The van der Waals surface area contributed by atoms with Crippen molar-refractivity contribution in [2.45, 2.75) is 5.92 Å². The maximum absolute atomic E-state index is 12.5. The Hall–Kier alpha value is -0.960. The molecule has 0 saturated carbocycles. The number of rotatable bonds is 3. The van der Waals surface area contributed by atoms with Crippen molar-refractivity contribution in [1.82, 2.24) is 0 Å². The van der Waals surface area contributed by atoms with E-state index in [0.717, 1.165) is 8.95 Å². The largest absolute Gasteiger partial charge is 0.292 e. The van der Waals surface area contributed by atoms with E-state index in [2.05, 4.69) is 53.9 Å². The predicted octanol–water partition coefficient (Wildman–Crippen LogP) is 5.46. The smallest absolute Gasteiger partial charge is 0.185 e. The Labute approximate surface area is 142 Å². The molecule has 0 spiro atoms. The number of carbonyl (C=O) groups is 1. The number of halogens is 3. The van der Waals surface area contributed by atoms with E-state index in [9.17, 15) is 10.1 Å². The molecule has 2 aromatic rings. The van der Waals surface area contributed by atoms with E-state index < -0.39 is 5.92 Å². The molecule has 0 aliphatic carbocycles. The van der Waals surface area contributed by atoms with Crippen molar-refractivity contribution in [2.75, 3.05) is 0 Å². The molecule has 1 atom stereocenters. The highest BCUT2D eigenvalue weighted by atomic mass is 79.9. The standard InChI is InChI=1S/C15H8Br3NO/c16-10-3-1-9(2-4-10)13(8-19)15(20)12-6-5-11(17)7-14(12)18/h1-7,13H.